The maximum atomic E-state index is 9.48. The summed E-state index contributed by atoms with van der Waals surface area (Å²) < 4.78 is 110. The molecule has 4 nitrogen and oxygen atoms in total. The Morgan fingerprint density at radius 1 is 0.480 bits per heavy atom. The Labute approximate surface area is 309 Å². The smallest absolute Gasteiger partial charge is 0.165 e. The topological polar surface area (TPSA) is 43.6 Å². The van der Waals surface area contributed by atoms with Crippen molar-refractivity contribution in [2.45, 2.75) is 0 Å². The van der Waals surface area contributed by atoms with Crippen molar-refractivity contribution >= 4 is 53.3 Å². The number of nitrogens with zero attached hydrogens (tertiary/aromatic N) is 4. The molecule has 10 aromatic rings. The van der Waals surface area contributed by atoms with Gasteiger partial charge >= 0.3 is 0 Å². The van der Waals surface area contributed by atoms with Gasteiger partial charge in [-0.1, -0.05) is 127 Å². The van der Waals surface area contributed by atoms with Crippen LogP contribution in [0.1, 0.15) is 16.4 Å². The fourth-order valence-electron chi connectivity index (χ4n) is 6.45. The first-order valence-corrected chi connectivity index (χ1v) is 16.5. The lowest BCUT2D eigenvalue weighted by Crippen LogP contribution is -2.01. The Bertz CT molecular complexity index is 3540. The van der Waals surface area contributed by atoms with E-state index in [1.54, 1.807) is 11.3 Å². The Morgan fingerprint density at radius 3 is 2.06 bits per heavy atom. The van der Waals surface area contributed by atoms with Gasteiger partial charge in [0.25, 0.3) is 0 Å². The monoisotopic (exact) mass is 668 g/mol. The Hall–Kier alpha value is -6.43. The maximum absolute atomic E-state index is 9.48. The van der Waals surface area contributed by atoms with Crippen LogP contribution in [0, 0.1) is 0 Å². The second kappa shape index (κ2) is 11.6. The summed E-state index contributed by atoms with van der Waals surface area (Å²) in [4.78, 5) is 15.0. The lowest BCUT2D eigenvalue weighted by Gasteiger charge is -2.11. The predicted molar refractivity (Wildman–Crippen MR) is 209 cm³/mol. The van der Waals surface area contributed by atoms with E-state index in [-0.39, 0.29) is 44.8 Å². The van der Waals surface area contributed by atoms with Crippen molar-refractivity contribution in [3.8, 4) is 51.0 Å². The van der Waals surface area contributed by atoms with Gasteiger partial charge in [0.2, 0.25) is 0 Å². The number of fused-ring (bicyclic) bond motifs is 6. The molecule has 0 saturated carbocycles. The molecule has 0 aliphatic carbocycles. The molecule has 0 bridgehead atoms. The molecule has 0 atom stereocenters. The minimum atomic E-state index is -0.716. The van der Waals surface area contributed by atoms with E-state index < -0.39 is 78.2 Å². The molecule has 7 aromatic carbocycles. The number of hydrogen-bond acceptors (Lipinski definition) is 4. The molecule has 0 unspecified atom stereocenters. The van der Waals surface area contributed by atoms with Crippen molar-refractivity contribution in [3.63, 3.8) is 0 Å². The summed E-state index contributed by atoms with van der Waals surface area (Å²) >= 11 is 1.55. The lowest BCUT2D eigenvalue weighted by molar-refractivity contribution is 1.08. The molecule has 0 amide bonds. The third kappa shape index (κ3) is 4.63. The number of hydrogen-bond donors (Lipinski definition) is 0. The molecule has 50 heavy (non-hydrogen) atoms. The summed E-state index contributed by atoms with van der Waals surface area (Å²) in [5, 5.41) is 1.65. The van der Waals surface area contributed by atoms with E-state index >= 15 is 0 Å². The fraction of sp³-hybridized carbons (Fsp3) is 0. The van der Waals surface area contributed by atoms with E-state index in [1.807, 2.05) is 97.1 Å². The SMILES string of the molecule is [2H]c1c([2H])c([2H])c(-n2c3c([2H])c([2H])c([2H])c([2H])c3c3c(-c4nc(-c5cccc(-c6ccccc6)c5)nc(-c5cccc6c5sc5ccccc56)n4)c([2H])c([2H])c([2H])c32)c([2H])c1[2H]. The van der Waals surface area contributed by atoms with Crippen molar-refractivity contribution in [2.75, 3.05) is 0 Å². The van der Waals surface area contributed by atoms with Crippen LogP contribution >= 0.6 is 11.3 Å². The van der Waals surface area contributed by atoms with Crippen molar-refractivity contribution in [3.05, 3.63) is 170 Å². The summed E-state index contributed by atoms with van der Waals surface area (Å²) in [6.07, 6.45) is 0. The fourth-order valence-corrected chi connectivity index (χ4v) is 7.66. The van der Waals surface area contributed by atoms with Crippen molar-refractivity contribution in [1.82, 2.24) is 19.5 Å². The van der Waals surface area contributed by atoms with Crippen molar-refractivity contribution in [2.24, 2.45) is 0 Å². The molecule has 0 fully saturated rings. The van der Waals surface area contributed by atoms with Gasteiger partial charge in [-0.15, -0.1) is 11.3 Å². The lowest BCUT2D eigenvalue weighted by atomic mass is 10.0. The molecule has 0 aliphatic heterocycles. The standard InChI is InChI=1S/C45H28N4S/c1-3-14-29(15-4-1)30-16-11-17-31(28-30)43-46-44(48-45(47-43)37-24-12-22-34-33-20-8-10-27-40(33)50-42(34)37)36-23-13-26-39-41(36)35-21-7-9-25-38(35)49(39)32-18-5-2-6-19-32/h1-28H/i2D,5D,6D,7D,9D,13D,18D,19D,21D,23D,25D,26D. The normalized spacial score (nSPS) is 15.0. The van der Waals surface area contributed by atoms with Crippen molar-refractivity contribution in [1.29, 1.82) is 0 Å². The molecule has 5 heteroatoms. The van der Waals surface area contributed by atoms with E-state index in [1.165, 1.54) is 0 Å². The van der Waals surface area contributed by atoms with E-state index in [0.29, 0.717) is 11.1 Å². The molecule has 3 heterocycles. The summed E-state index contributed by atoms with van der Waals surface area (Å²) in [5.74, 6) is 0.244. The van der Waals surface area contributed by atoms with Crippen LogP contribution in [0.2, 0.25) is 0 Å². The molecule has 0 aliphatic rings. The van der Waals surface area contributed by atoms with Gasteiger partial charge in [0, 0.05) is 53.3 Å². The number of aromatic nitrogens is 4. The zero-order chi connectivity index (χ0) is 43.5. The van der Waals surface area contributed by atoms with Crippen LogP contribution in [0.3, 0.4) is 0 Å². The minimum Gasteiger partial charge on any atom is -0.309 e. The molecule has 3 aromatic heterocycles. The van der Waals surface area contributed by atoms with Crippen LogP contribution in [0.4, 0.5) is 0 Å². The molecule has 0 saturated heterocycles. The van der Waals surface area contributed by atoms with Gasteiger partial charge in [-0.2, -0.15) is 0 Å². The average Bonchev–Trinajstić information content (AvgIpc) is 3.85. The predicted octanol–water partition coefficient (Wildman–Crippen LogP) is 12.0. The van der Waals surface area contributed by atoms with Gasteiger partial charge in [-0.05, 0) is 53.5 Å². The van der Waals surface area contributed by atoms with Gasteiger partial charge < -0.3 is 4.57 Å². The molecular weight excluding hydrogens is 629 g/mol. The summed E-state index contributed by atoms with van der Waals surface area (Å²) in [5.41, 5.74) is 1.75. The number of thiophene rings is 1. The highest BCUT2D eigenvalue weighted by Crippen LogP contribution is 2.41. The highest BCUT2D eigenvalue weighted by Gasteiger charge is 2.21. The van der Waals surface area contributed by atoms with Gasteiger partial charge in [0.15, 0.2) is 17.5 Å². The Morgan fingerprint density at radius 2 is 1.16 bits per heavy atom. The summed E-state index contributed by atoms with van der Waals surface area (Å²) in [6.45, 7) is 0. The molecule has 10 rings (SSSR count). The third-order valence-electron chi connectivity index (χ3n) is 8.66. The zero-order valence-electron chi connectivity index (χ0n) is 37.9. The molecule has 0 N–H and O–H groups in total. The van der Waals surface area contributed by atoms with E-state index in [0.717, 1.165) is 35.9 Å². The highest BCUT2D eigenvalue weighted by molar-refractivity contribution is 7.26. The average molecular weight is 669 g/mol. The summed E-state index contributed by atoms with van der Waals surface area (Å²) in [7, 11) is 0. The van der Waals surface area contributed by atoms with Crippen LogP contribution in [0.25, 0.3) is 93.0 Å². The Balaban J connectivity index is 1.38. The van der Waals surface area contributed by atoms with E-state index in [4.69, 9.17) is 25.9 Å². The van der Waals surface area contributed by atoms with E-state index in [9.17, 15) is 5.48 Å². The van der Waals surface area contributed by atoms with Crippen LogP contribution in [0.5, 0.6) is 0 Å². The number of rotatable bonds is 5. The van der Waals surface area contributed by atoms with Gasteiger partial charge in [-0.3, -0.25) is 0 Å². The molecule has 0 spiro atoms. The highest BCUT2D eigenvalue weighted by atomic mass is 32.1. The molecule has 0 radical (unpaired) electrons. The van der Waals surface area contributed by atoms with Gasteiger partial charge in [0.05, 0.1) is 27.5 Å². The number of para-hydroxylation sites is 2. The van der Waals surface area contributed by atoms with Gasteiger partial charge in [0.1, 0.15) is 0 Å². The second-order valence-corrected chi connectivity index (χ2v) is 12.6. The first-order valence-electron chi connectivity index (χ1n) is 21.7. The van der Waals surface area contributed by atoms with Crippen LogP contribution in [0.15, 0.2) is 170 Å². The molecule has 234 valence electrons. The number of benzene rings is 7. The largest absolute Gasteiger partial charge is 0.309 e. The van der Waals surface area contributed by atoms with Crippen LogP contribution < -0.4 is 0 Å². The van der Waals surface area contributed by atoms with Crippen molar-refractivity contribution < 1.29 is 16.4 Å². The first kappa shape index (κ1) is 18.9. The van der Waals surface area contributed by atoms with Crippen LogP contribution in [-0.2, 0) is 0 Å². The maximum Gasteiger partial charge on any atom is 0.165 e. The Kier molecular flexibility index (Phi) is 4.40. The van der Waals surface area contributed by atoms with E-state index in [2.05, 4.69) is 0 Å². The first-order chi connectivity index (χ1) is 29.8. The minimum absolute atomic E-state index is 0.133. The summed E-state index contributed by atoms with van der Waals surface area (Å²) in [6, 6.07) is 23.2. The second-order valence-electron chi connectivity index (χ2n) is 11.5. The quantitative estimate of drug-likeness (QED) is 0.183. The van der Waals surface area contributed by atoms with Crippen LogP contribution in [-0.4, -0.2) is 19.5 Å². The third-order valence-corrected chi connectivity index (χ3v) is 9.88. The zero-order valence-corrected chi connectivity index (χ0v) is 26.8. The van der Waals surface area contributed by atoms with Gasteiger partial charge in [-0.25, -0.2) is 15.0 Å². The molecular formula is C45H28N4S.